The van der Waals surface area contributed by atoms with Crippen LogP contribution in [0.2, 0.25) is 0 Å². The minimum absolute atomic E-state index is 0.0139. The van der Waals surface area contributed by atoms with Gasteiger partial charge in [0.15, 0.2) is 22.9 Å². The van der Waals surface area contributed by atoms with Gasteiger partial charge in [0, 0.05) is 38.2 Å². The van der Waals surface area contributed by atoms with E-state index in [4.69, 9.17) is 4.74 Å². The van der Waals surface area contributed by atoms with Crippen molar-refractivity contribution in [3.63, 3.8) is 0 Å². The second-order valence-corrected chi connectivity index (χ2v) is 7.77. The lowest BCUT2D eigenvalue weighted by atomic mass is 10.2. The van der Waals surface area contributed by atoms with E-state index in [9.17, 15) is 9.59 Å². The SMILES string of the molecule is CNC(=O)c1nnc(NC(=O)C2CC2)cc1Nc1nc2c(OC)cc(N3CCC3)cn2n1. The van der Waals surface area contributed by atoms with Crippen LogP contribution < -0.4 is 25.6 Å². The molecular formula is C20H23N9O3. The molecule has 1 aliphatic carbocycles. The zero-order chi connectivity index (χ0) is 22.2. The summed E-state index contributed by atoms with van der Waals surface area (Å²) >= 11 is 0. The van der Waals surface area contributed by atoms with Crippen LogP contribution in [0.25, 0.3) is 5.65 Å². The van der Waals surface area contributed by atoms with Crippen molar-refractivity contribution in [3.8, 4) is 5.75 Å². The number of hydrogen-bond acceptors (Lipinski definition) is 9. The smallest absolute Gasteiger partial charge is 0.273 e. The normalized spacial score (nSPS) is 15.2. The molecule has 32 heavy (non-hydrogen) atoms. The standard InChI is InChI=1S/C20H23N9O3/c1-21-19(31)16-13(9-15(25-26-16)23-18(30)11-4-5-11)22-20-24-17-14(32-2)8-12(10-29(17)27-20)28-6-3-7-28/h8-11H,3-7H2,1-2H3,(H,21,31)(H2,22,23,25,27,30). The molecule has 0 unspecified atom stereocenters. The number of anilines is 4. The van der Waals surface area contributed by atoms with Crippen molar-refractivity contribution >= 4 is 40.6 Å². The quantitative estimate of drug-likeness (QED) is 0.497. The second-order valence-electron chi connectivity index (χ2n) is 7.77. The van der Waals surface area contributed by atoms with Crippen LogP contribution in [0.4, 0.5) is 23.1 Å². The minimum atomic E-state index is -0.429. The molecule has 3 N–H and O–H groups in total. The number of nitrogens with zero attached hydrogens (tertiary/aromatic N) is 6. The third-order valence-electron chi connectivity index (χ3n) is 5.51. The van der Waals surface area contributed by atoms with Gasteiger partial charge in [-0.05, 0) is 19.3 Å². The van der Waals surface area contributed by atoms with Crippen LogP contribution in [0.5, 0.6) is 5.75 Å². The maximum Gasteiger partial charge on any atom is 0.273 e. The van der Waals surface area contributed by atoms with Gasteiger partial charge in [-0.15, -0.1) is 15.3 Å². The number of carbonyl (C=O) groups excluding carboxylic acids is 2. The van der Waals surface area contributed by atoms with Gasteiger partial charge in [0.2, 0.25) is 11.9 Å². The second kappa shape index (κ2) is 7.94. The number of rotatable bonds is 7. The molecule has 3 aromatic rings. The lowest BCUT2D eigenvalue weighted by molar-refractivity contribution is -0.117. The van der Waals surface area contributed by atoms with Crippen LogP contribution in [0, 0.1) is 5.92 Å². The van der Waals surface area contributed by atoms with Crippen LogP contribution >= 0.6 is 0 Å². The van der Waals surface area contributed by atoms with Crippen molar-refractivity contribution in [1.29, 1.82) is 0 Å². The number of nitrogens with one attached hydrogen (secondary N) is 3. The van der Waals surface area contributed by atoms with Gasteiger partial charge in [-0.1, -0.05) is 0 Å². The fourth-order valence-corrected chi connectivity index (χ4v) is 3.42. The number of amides is 2. The van der Waals surface area contributed by atoms with Gasteiger partial charge in [-0.3, -0.25) is 9.59 Å². The van der Waals surface area contributed by atoms with Crippen LogP contribution in [0.3, 0.4) is 0 Å². The molecule has 0 spiro atoms. The first-order valence-corrected chi connectivity index (χ1v) is 10.4. The molecule has 5 rings (SSSR count). The molecule has 12 heteroatoms. The third-order valence-corrected chi connectivity index (χ3v) is 5.51. The van der Waals surface area contributed by atoms with Crippen LogP contribution in [-0.2, 0) is 4.79 Å². The van der Waals surface area contributed by atoms with Crippen molar-refractivity contribution in [2.75, 3.05) is 42.8 Å². The van der Waals surface area contributed by atoms with Crippen molar-refractivity contribution in [3.05, 3.63) is 24.0 Å². The first-order valence-electron chi connectivity index (χ1n) is 10.4. The number of fused-ring (bicyclic) bond motifs is 1. The predicted molar refractivity (Wildman–Crippen MR) is 116 cm³/mol. The summed E-state index contributed by atoms with van der Waals surface area (Å²) in [7, 11) is 3.09. The van der Waals surface area contributed by atoms with E-state index >= 15 is 0 Å². The molecule has 12 nitrogen and oxygen atoms in total. The molecule has 4 heterocycles. The molecule has 0 atom stereocenters. The molecule has 2 fully saturated rings. The molecule has 3 aromatic heterocycles. The molecule has 166 valence electrons. The van der Waals surface area contributed by atoms with Crippen molar-refractivity contribution in [1.82, 2.24) is 30.1 Å². The summed E-state index contributed by atoms with van der Waals surface area (Å²) in [5.74, 6) is 0.570. The van der Waals surface area contributed by atoms with Crippen LogP contribution in [0.15, 0.2) is 18.3 Å². The topological polar surface area (TPSA) is 139 Å². The largest absolute Gasteiger partial charge is 0.493 e. The first-order chi connectivity index (χ1) is 15.6. The maximum atomic E-state index is 12.3. The van der Waals surface area contributed by atoms with Crippen LogP contribution in [0.1, 0.15) is 29.8 Å². The highest BCUT2D eigenvalue weighted by atomic mass is 16.5. The van der Waals surface area contributed by atoms with E-state index in [1.165, 1.54) is 7.05 Å². The Morgan fingerprint density at radius 3 is 2.66 bits per heavy atom. The zero-order valence-electron chi connectivity index (χ0n) is 17.8. The number of aromatic nitrogens is 5. The number of ether oxygens (including phenoxy) is 1. The average Bonchev–Trinajstić information content (AvgIpc) is 3.52. The third kappa shape index (κ3) is 3.74. The van der Waals surface area contributed by atoms with E-state index in [0.717, 1.165) is 38.0 Å². The van der Waals surface area contributed by atoms with Gasteiger partial charge < -0.3 is 25.6 Å². The van der Waals surface area contributed by atoms with E-state index in [1.54, 1.807) is 17.7 Å². The molecule has 1 saturated heterocycles. The Morgan fingerprint density at radius 2 is 2.00 bits per heavy atom. The Bertz CT molecular complexity index is 1200. The summed E-state index contributed by atoms with van der Waals surface area (Å²) in [6.07, 6.45) is 4.78. The number of methoxy groups -OCH3 is 1. The molecule has 1 saturated carbocycles. The molecule has 1 aliphatic heterocycles. The number of carbonyl (C=O) groups is 2. The van der Waals surface area contributed by atoms with E-state index in [2.05, 4.69) is 41.1 Å². The van der Waals surface area contributed by atoms with Gasteiger partial charge in [0.1, 0.15) is 0 Å². The van der Waals surface area contributed by atoms with Crippen molar-refractivity contribution in [2.24, 2.45) is 5.92 Å². The summed E-state index contributed by atoms with van der Waals surface area (Å²) in [6.45, 7) is 1.98. The molecule has 2 aliphatic rings. The summed E-state index contributed by atoms with van der Waals surface area (Å²) in [5, 5.41) is 20.8. The van der Waals surface area contributed by atoms with E-state index in [-0.39, 0.29) is 29.3 Å². The first kappa shape index (κ1) is 20.0. The number of pyridine rings is 1. The maximum absolute atomic E-state index is 12.3. The molecule has 0 bridgehead atoms. The van der Waals surface area contributed by atoms with Crippen molar-refractivity contribution in [2.45, 2.75) is 19.3 Å². The minimum Gasteiger partial charge on any atom is -0.493 e. The summed E-state index contributed by atoms with van der Waals surface area (Å²) in [5.41, 5.74) is 1.91. The molecule has 0 aromatic carbocycles. The zero-order valence-corrected chi connectivity index (χ0v) is 17.8. The Hall–Kier alpha value is -3.96. The summed E-state index contributed by atoms with van der Waals surface area (Å²) in [6, 6.07) is 3.48. The summed E-state index contributed by atoms with van der Waals surface area (Å²) in [4.78, 5) is 31.1. The highest BCUT2D eigenvalue weighted by Gasteiger charge is 2.30. The Morgan fingerprint density at radius 1 is 1.19 bits per heavy atom. The highest BCUT2D eigenvalue weighted by molar-refractivity contribution is 5.99. The number of hydrogen-bond donors (Lipinski definition) is 3. The average molecular weight is 437 g/mol. The van der Waals surface area contributed by atoms with Crippen LogP contribution in [-0.4, -0.2) is 63.9 Å². The lowest BCUT2D eigenvalue weighted by Gasteiger charge is -2.33. The Kier molecular flexibility index (Phi) is 4.96. The van der Waals surface area contributed by atoms with Gasteiger partial charge in [-0.2, -0.15) is 4.98 Å². The molecule has 0 radical (unpaired) electrons. The highest BCUT2D eigenvalue weighted by Crippen LogP contribution is 2.31. The van der Waals surface area contributed by atoms with E-state index < -0.39 is 5.91 Å². The van der Waals surface area contributed by atoms with Gasteiger partial charge >= 0.3 is 0 Å². The van der Waals surface area contributed by atoms with Crippen molar-refractivity contribution < 1.29 is 14.3 Å². The predicted octanol–water partition coefficient (Wildman–Crippen LogP) is 1.19. The molecular weight excluding hydrogens is 414 g/mol. The van der Waals surface area contributed by atoms with E-state index in [1.807, 2.05) is 12.3 Å². The van der Waals surface area contributed by atoms with Gasteiger partial charge in [0.05, 0.1) is 24.7 Å². The molecule has 2 amide bonds. The Balaban J connectivity index is 1.48. The monoisotopic (exact) mass is 437 g/mol. The summed E-state index contributed by atoms with van der Waals surface area (Å²) < 4.78 is 7.15. The van der Waals surface area contributed by atoms with Gasteiger partial charge in [0.25, 0.3) is 5.91 Å². The Labute approximate surface area is 183 Å². The fraction of sp³-hybridized carbons (Fsp3) is 0.400. The fourth-order valence-electron chi connectivity index (χ4n) is 3.42. The lowest BCUT2D eigenvalue weighted by Crippen LogP contribution is -2.37. The van der Waals surface area contributed by atoms with Gasteiger partial charge in [-0.25, -0.2) is 4.52 Å². The van der Waals surface area contributed by atoms with E-state index in [0.29, 0.717) is 17.1 Å².